The predicted molar refractivity (Wildman–Crippen MR) is 81.3 cm³/mol. The van der Waals surface area contributed by atoms with Gasteiger partial charge in [0.05, 0.1) is 5.41 Å². The summed E-state index contributed by atoms with van der Waals surface area (Å²) in [6, 6.07) is 8.57. The van der Waals surface area contributed by atoms with Crippen molar-refractivity contribution in [2.45, 2.75) is 37.5 Å². The zero-order chi connectivity index (χ0) is 15.7. The van der Waals surface area contributed by atoms with Crippen molar-refractivity contribution >= 4 is 5.97 Å². The van der Waals surface area contributed by atoms with Gasteiger partial charge in [0.2, 0.25) is 0 Å². The number of rotatable bonds is 3. The van der Waals surface area contributed by atoms with Crippen molar-refractivity contribution in [3.05, 3.63) is 65.2 Å². The Hall–Kier alpha value is -2.23. The monoisotopic (exact) mass is 299 g/mol. The molecule has 22 heavy (non-hydrogen) atoms. The molecule has 0 amide bonds. The second-order valence-corrected chi connectivity index (χ2v) is 6.03. The second-order valence-electron chi connectivity index (χ2n) is 6.03. The van der Waals surface area contributed by atoms with Crippen LogP contribution in [0.25, 0.3) is 0 Å². The molecule has 2 aromatic rings. The Morgan fingerprint density at radius 3 is 2.86 bits per heavy atom. The van der Waals surface area contributed by atoms with E-state index in [1.54, 1.807) is 31.5 Å². The van der Waals surface area contributed by atoms with Crippen molar-refractivity contribution in [2.24, 2.45) is 0 Å². The third kappa shape index (κ3) is 2.28. The van der Waals surface area contributed by atoms with E-state index in [2.05, 4.69) is 4.98 Å². The summed E-state index contributed by atoms with van der Waals surface area (Å²) < 4.78 is 13.9. The topological polar surface area (TPSA) is 50.2 Å². The number of pyridine rings is 1. The van der Waals surface area contributed by atoms with E-state index < -0.39 is 11.4 Å². The molecule has 3 nitrogen and oxygen atoms in total. The van der Waals surface area contributed by atoms with E-state index in [1.807, 2.05) is 12.1 Å². The molecule has 3 rings (SSSR count). The first-order valence-corrected chi connectivity index (χ1v) is 7.43. The van der Waals surface area contributed by atoms with Crippen molar-refractivity contribution in [3.63, 3.8) is 0 Å². The van der Waals surface area contributed by atoms with Crippen LogP contribution in [0.1, 0.15) is 41.9 Å². The lowest BCUT2D eigenvalue weighted by atomic mass is 9.76. The molecule has 2 unspecified atom stereocenters. The molecular formula is C18H18FNO2. The maximum Gasteiger partial charge on any atom is 0.314 e. The van der Waals surface area contributed by atoms with Crippen molar-refractivity contribution < 1.29 is 14.3 Å². The number of benzene rings is 1. The van der Waals surface area contributed by atoms with E-state index in [1.165, 1.54) is 6.07 Å². The van der Waals surface area contributed by atoms with Crippen LogP contribution in [-0.4, -0.2) is 16.1 Å². The molecule has 1 fully saturated rings. The number of halogens is 1. The normalized spacial score (nSPS) is 24.4. The highest BCUT2D eigenvalue weighted by molar-refractivity contribution is 5.82. The molecule has 1 heterocycles. The third-order valence-corrected chi connectivity index (χ3v) is 4.86. The Bertz CT molecular complexity index is 701. The fraction of sp³-hybridized carbons (Fsp3) is 0.333. The van der Waals surface area contributed by atoms with E-state index >= 15 is 0 Å². The van der Waals surface area contributed by atoms with E-state index in [4.69, 9.17) is 0 Å². The molecule has 1 aliphatic carbocycles. The smallest absolute Gasteiger partial charge is 0.314 e. The van der Waals surface area contributed by atoms with E-state index in [0.29, 0.717) is 24.0 Å². The molecule has 114 valence electrons. The van der Waals surface area contributed by atoms with Crippen LogP contribution in [0.5, 0.6) is 0 Å². The van der Waals surface area contributed by atoms with Crippen LogP contribution in [0.3, 0.4) is 0 Å². The van der Waals surface area contributed by atoms with Gasteiger partial charge in [0.1, 0.15) is 5.82 Å². The molecule has 1 aliphatic rings. The maximum absolute atomic E-state index is 13.9. The van der Waals surface area contributed by atoms with Crippen molar-refractivity contribution in [1.29, 1.82) is 0 Å². The fourth-order valence-electron chi connectivity index (χ4n) is 3.63. The summed E-state index contributed by atoms with van der Waals surface area (Å²) in [4.78, 5) is 16.1. The third-order valence-electron chi connectivity index (χ3n) is 4.86. The highest BCUT2D eigenvalue weighted by Gasteiger charge is 2.48. The zero-order valence-electron chi connectivity index (χ0n) is 12.4. The minimum Gasteiger partial charge on any atom is -0.481 e. The predicted octanol–water partition coefficient (Wildman–Crippen LogP) is 3.82. The summed E-state index contributed by atoms with van der Waals surface area (Å²) in [7, 11) is 0. The average Bonchev–Trinajstić information content (AvgIpc) is 2.97. The number of carboxylic acid groups (broad SMARTS) is 1. The van der Waals surface area contributed by atoms with Gasteiger partial charge in [0.25, 0.3) is 0 Å². The molecule has 2 atom stereocenters. The Morgan fingerprint density at radius 2 is 2.18 bits per heavy atom. The molecule has 0 saturated heterocycles. The minimum absolute atomic E-state index is 0.146. The summed E-state index contributed by atoms with van der Waals surface area (Å²) in [6.07, 6.45) is 5.28. The Balaban J connectivity index is 2.02. The minimum atomic E-state index is -1.01. The van der Waals surface area contributed by atoms with Gasteiger partial charge in [-0.3, -0.25) is 9.78 Å². The van der Waals surface area contributed by atoms with Crippen LogP contribution in [0.2, 0.25) is 0 Å². The van der Waals surface area contributed by atoms with Crippen LogP contribution in [-0.2, 0) is 10.2 Å². The Morgan fingerprint density at radius 1 is 1.36 bits per heavy atom. The van der Waals surface area contributed by atoms with Gasteiger partial charge in [-0.25, -0.2) is 4.39 Å². The molecule has 1 N–H and O–H groups in total. The van der Waals surface area contributed by atoms with Gasteiger partial charge in [0.15, 0.2) is 0 Å². The van der Waals surface area contributed by atoms with Gasteiger partial charge < -0.3 is 5.11 Å². The van der Waals surface area contributed by atoms with Gasteiger partial charge in [-0.05, 0) is 60.9 Å². The molecule has 1 aromatic heterocycles. The summed E-state index contributed by atoms with van der Waals surface area (Å²) in [5.41, 5.74) is 1.09. The number of carbonyl (C=O) groups is 1. The van der Waals surface area contributed by atoms with Crippen LogP contribution < -0.4 is 0 Å². The zero-order valence-corrected chi connectivity index (χ0v) is 12.4. The first kappa shape index (κ1) is 14.7. The molecule has 0 aliphatic heterocycles. The lowest BCUT2D eigenvalue weighted by Crippen LogP contribution is -2.34. The van der Waals surface area contributed by atoms with Crippen LogP contribution in [0, 0.1) is 12.7 Å². The number of aliphatic carboxylic acids is 1. The number of hydrogen-bond acceptors (Lipinski definition) is 2. The molecule has 0 radical (unpaired) electrons. The molecule has 1 saturated carbocycles. The van der Waals surface area contributed by atoms with Crippen LogP contribution in [0.15, 0.2) is 42.7 Å². The Kier molecular flexibility index (Phi) is 3.69. The standard InChI is InChI=1S/C18H18FNO2/c1-12-15(5-2-6-16(12)19)18(17(21)22)8-7-13(10-18)14-4-3-9-20-11-14/h2-6,9,11,13H,7-8,10H2,1H3,(H,21,22). The fourth-order valence-corrected chi connectivity index (χ4v) is 3.63. The first-order valence-electron chi connectivity index (χ1n) is 7.43. The molecule has 4 heteroatoms. The Labute approximate surface area is 128 Å². The van der Waals surface area contributed by atoms with Crippen molar-refractivity contribution in [2.75, 3.05) is 0 Å². The maximum atomic E-state index is 13.9. The van der Waals surface area contributed by atoms with Crippen LogP contribution in [0.4, 0.5) is 4.39 Å². The average molecular weight is 299 g/mol. The van der Waals surface area contributed by atoms with E-state index in [0.717, 1.165) is 12.0 Å². The number of aromatic nitrogens is 1. The summed E-state index contributed by atoms with van der Waals surface area (Å²) in [6.45, 7) is 1.66. The quantitative estimate of drug-likeness (QED) is 0.937. The second kappa shape index (κ2) is 5.52. The number of nitrogens with zero attached hydrogens (tertiary/aromatic N) is 1. The largest absolute Gasteiger partial charge is 0.481 e. The van der Waals surface area contributed by atoms with E-state index in [-0.39, 0.29) is 11.7 Å². The summed E-state index contributed by atoms with van der Waals surface area (Å²) >= 11 is 0. The number of carboxylic acids is 1. The molecule has 0 bridgehead atoms. The summed E-state index contributed by atoms with van der Waals surface area (Å²) in [5, 5.41) is 9.86. The number of hydrogen-bond donors (Lipinski definition) is 1. The highest BCUT2D eigenvalue weighted by Crippen LogP contribution is 2.49. The highest BCUT2D eigenvalue weighted by atomic mass is 19.1. The first-order chi connectivity index (χ1) is 10.5. The molecular weight excluding hydrogens is 281 g/mol. The van der Waals surface area contributed by atoms with Crippen LogP contribution >= 0.6 is 0 Å². The molecule has 0 spiro atoms. The van der Waals surface area contributed by atoms with Gasteiger partial charge in [-0.1, -0.05) is 18.2 Å². The van der Waals surface area contributed by atoms with Gasteiger partial charge in [-0.2, -0.15) is 0 Å². The van der Waals surface area contributed by atoms with E-state index in [9.17, 15) is 14.3 Å². The van der Waals surface area contributed by atoms with Crippen molar-refractivity contribution in [1.82, 2.24) is 4.98 Å². The van der Waals surface area contributed by atoms with Crippen molar-refractivity contribution in [3.8, 4) is 0 Å². The van der Waals surface area contributed by atoms with Gasteiger partial charge in [0, 0.05) is 12.4 Å². The van der Waals surface area contributed by atoms with Gasteiger partial charge >= 0.3 is 5.97 Å². The summed E-state index contributed by atoms with van der Waals surface area (Å²) in [5.74, 6) is -1.07. The van der Waals surface area contributed by atoms with Gasteiger partial charge in [-0.15, -0.1) is 0 Å². The SMILES string of the molecule is Cc1c(F)cccc1C1(C(=O)O)CCC(c2cccnc2)C1. The molecule has 1 aromatic carbocycles. The lowest BCUT2D eigenvalue weighted by molar-refractivity contribution is -0.143. The lowest BCUT2D eigenvalue weighted by Gasteiger charge is -2.27.